The molecule has 1 aromatic carbocycles. The molecule has 0 aromatic heterocycles. The van der Waals surface area contributed by atoms with Gasteiger partial charge in [0.15, 0.2) is 0 Å². The van der Waals surface area contributed by atoms with Crippen LogP contribution in [0.5, 0.6) is 0 Å². The van der Waals surface area contributed by atoms with E-state index in [1.807, 2.05) is 0 Å². The lowest BCUT2D eigenvalue weighted by molar-refractivity contribution is 0.0696. The molecular weight excluding hydrogens is 382 g/mol. The highest BCUT2D eigenvalue weighted by atomic mass is 79.9. The minimum absolute atomic E-state index is 0.0941. The number of carboxylic acids is 1. The van der Waals surface area contributed by atoms with Gasteiger partial charge in [0.2, 0.25) is 10.0 Å². The normalized spacial score (nSPS) is 22.9. The molecule has 1 aromatic rings. The zero-order valence-electron chi connectivity index (χ0n) is 10.9. The Bertz CT molecular complexity index is 679. The van der Waals surface area contributed by atoms with Crippen molar-refractivity contribution in [2.45, 2.75) is 23.8 Å². The van der Waals surface area contributed by atoms with Crippen LogP contribution in [0.4, 0.5) is 0 Å². The Kier molecular flexibility index (Phi) is 5.18. The number of aromatic carboxylic acids is 1. The summed E-state index contributed by atoms with van der Waals surface area (Å²) in [7, 11) is -4.69. The van der Waals surface area contributed by atoms with Gasteiger partial charge in [-0.3, -0.25) is 4.21 Å². The van der Waals surface area contributed by atoms with E-state index >= 15 is 0 Å². The summed E-state index contributed by atoms with van der Waals surface area (Å²) in [5, 5.41) is 8.95. The number of hydrogen-bond donors (Lipinski definition) is 2. The second kappa shape index (κ2) is 6.55. The Balaban J connectivity index is 2.25. The van der Waals surface area contributed by atoms with E-state index in [4.69, 9.17) is 5.11 Å². The molecule has 9 heteroatoms. The minimum atomic E-state index is -3.82. The first-order valence-corrected chi connectivity index (χ1v) is 9.96. The van der Waals surface area contributed by atoms with Gasteiger partial charge in [0, 0.05) is 32.8 Å². The van der Waals surface area contributed by atoms with E-state index in [9.17, 15) is 17.4 Å². The van der Waals surface area contributed by atoms with Crippen molar-refractivity contribution in [2.24, 2.45) is 0 Å². The number of carbonyl (C=O) groups is 1. The molecule has 1 fully saturated rings. The van der Waals surface area contributed by atoms with Gasteiger partial charge in [-0.15, -0.1) is 0 Å². The predicted molar refractivity (Wildman–Crippen MR) is 82.3 cm³/mol. The van der Waals surface area contributed by atoms with E-state index in [2.05, 4.69) is 20.7 Å². The van der Waals surface area contributed by atoms with E-state index in [-0.39, 0.29) is 16.5 Å². The van der Waals surface area contributed by atoms with Gasteiger partial charge in [0.05, 0.1) is 10.5 Å². The number of rotatable bonds is 4. The monoisotopic (exact) mass is 395 g/mol. The lowest BCUT2D eigenvalue weighted by atomic mass is 10.2. The van der Waals surface area contributed by atoms with Crippen LogP contribution in [-0.4, -0.2) is 41.3 Å². The summed E-state index contributed by atoms with van der Waals surface area (Å²) in [4.78, 5) is 10.9. The van der Waals surface area contributed by atoms with Crippen molar-refractivity contribution in [3.8, 4) is 0 Å². The van der Waals surface area contributed by atoms with Gasteiger partial charge in [-0.05, 0) is 47.0 Å². The summed E-state index contributed by atoms with van der Waals surface area (Å²) in [6, 6.07) is 3.58. The molecule has 0 aliphatic carbocycles. The second-order valence-corrected chi connectivity index (χ2v) is 8.93. The fourth-order valence-electron chi connectivity index (χ4n) is 2.04. The highest BCUT2D eigenvalue weighted by Crippen LogP contribution is 2.24. The molecule has 0 spiro atoms. The van der Waals surface area contributed by atoms with Crippen LogP contribution in [0, 0.1) is 0 Å². The third-order valence-electron chi connectivity index (χ3n) is 3.18. The van der Waals surface area contributed by atoms with Gasteiger partial charge in [0.1, 0.15) is 0 Å². The Morgan fingerprint density at radius 1 is 1.33 bits per heavy atom. The molecule has 1 heterocycles. The minimum Gasteiger partial charge on any atom is -0.478 e. The van der Waals surface area contributed by atoms with Crippen LogP contribution < -0.4 is 4.72 Å². The van der Waals surface area contributed by atoms with Crippen molar-refractivity contribution in [1.29, 1.82) is 0 Å². The summed E-state index contributed by atoms with van der Waals surface area (Å²) in [6.07, 6.45) is 1.03. The molecule has 0 saturated carbocycles. The molecule has 1 aliphatic heterocycles. The van der Waals surface area contributed by atoms with E-state index in [0.717, 1.165) is 6.07 Å². The maximum absolute atomic E-state index is 12.4. The summed E-state index contributed by atoms with van der Waals surface area (Å²) in [5.74, 6) is -0.237. The third-order valence-corrected chi connectivity index (χ3v) is 7.07. The zero-order chi connectivity index (χ0) is 15.6. The lowest BCUT2D eigenvalue weighted by Crippen LogP contribution is -2.39. The van der Waals surface area contributed by atoms with E-state index in [0.29, 0.717) is 28.8 Å². The molecule has 0 unspecified atom stereocenters. The SMILES string of the molecule is O=C(O)c1ccc(Br)c(S(=O)(=O)NC2CCS(=O)CC2)c1. The Morgan fingerprint density at radius 3 is 2.52 bits per heavy atom. The van der Waals surface area contributed by atoms with Crippen molar-refractivity contribution >= 4 is 42.7 Å². The number of nitrogens with one attached hydrogen (secondary N) is 1. The first-order chi connectivity index (χ1) is 9.79. The molecule has 2 N–H and O–H groups in total. The fourth-order valence-corrected chi connectivity index (χ4v) is 5.63. The second-order valence-electron chi connectivity index (χ2n) is 4.69. The maximum atomic E-state index is 12.4. The lowest BCUT2D eigenvalue weighted by Gasteiger charge is -2.22. The first kappa shape index (κ1) is 16.6. The quantitative estimate of drug-likeness (QED) is 0.800. The van der Waals surface area contributed by atoms with E-state index < -0.39 is 26.8 Å². The van der Waals surface area contributed by atoms with E-state index in [1.54, 1.807) is 0 Å². The van der Waals surface area contributed by atoms with Crippen molar-refractivity contribution < 1.29 is 22.5 Å². The average Bonchev–Trinajstić information content (AvgIpc) is 2.41. The Morgan fingerprint density at radius 2 is 1.95 bits per heavy atom. The standard InChI is InChI=1S/C12H14BrNO5S2/c13-10-2-1-8(12(15)16)7-11(10)21(18,19)14-9-3-5-20(17)6-4-9/h1-2,7,9,14H,3-6H2,(H,15,16). The average molecular weight is 396 g/mol. The molecule has 21 heavy (non-hydrogen) atoms. The van der Waals surface area contributed by atoms with Gasteiger partial charge in [-0.2, -0.15) is 0 Å². The molecular formula is C12H14BrNO5S2. The molecule has 1 saturated heterocycles. The molecule has 0 bridgehead atoms. The topological polar surface area (TPSA) is 101 Å². The van der Waals surface area contributed by atoms with Gasteiger partial charge >= 0.3 is 5.97 Å². The van der Waals surface area contributed by atoms with Gasteiger partial charge < -0.3 is 5.11 Å². The van der Waals surface area contributed by atoms with Crippen molar-refractivity contribution in [2.75, 3.05) is 11.5 Å². The number of carboxylic acid groups (broad SMARTS) is 1. The van der Waals surface area contributed by atoms with Crippen LogP contribution >= 0.6 is 15.9 Å². The van der Waals surface area contributed by atoms with Gasteiger partial charge in [-0.25, -0.2) is 17.9 Å². The summed E-state index contributed by atoms with van der Waals surface area (Å²) < 4.78 is 38.9. The Hall–Kier alpha value is -0.770. The van der Waals surface area contributed by atoms with Crippen LogP contribution in [0.25, 0.3) is 0 Å². The summed E-state index contributed by atoms with van der Waals surface area (Å²) in [6.45, 7) is 0. The fraction of sp³-hybridized carbons (Fsp3) is 0.417. The van der Waals surface area contributed by atoms with Gasteiger partial charge in [0.25, 0.3) is 0 Å². The van der Waals surface area contributed by atoms with Crippen LogP contribution in [0.3, 0.4) is 0 Å². The van der Waals surface area contributed by atoms with Crippen LogP contribution in [0.2, 0.25) is 0 Å². The smallest absolute Gasteiger partial charge is 0.335 e. The number of benzene rings is 1. The summed E-state index contributed by atoms with van der Waals surface area (Å²) >= 11 is 3.13. The molecule has 1 aliphatic rings. The molecule has 6 nitrogen and oxygen atoms in total. The van der Waals surface area contributed by atoms with Crippen LogP contribution in [-0.2, 0) is 20.8 Å². The molecule has 0 atom stereocenters. The first-order valence-electron chi connectivity index (χ1n) is 6.20. The number of hydrogen-bond acceptors (Lipinski definition) is 4. The molecule has 0 radical (unpaired) electrons. The highest BCUT2D eigenvalue weighted by molar-refractivity contribution is 9.10. The van der Waals surface area contributed by atoms with Crippen LogP contribution in [0.1, 0.15) is 23.2 Å². The maximum Gasteiger partial charge on any atom is 0.335 e. The van der Waals surface area contributed by atoms with Gasteiger partial charge in [-0.1, -0.05) is 0 Å². The van der Waals surface area contributed by atoms with Crippen LogP contribution in [0.15, 0.2) is 27.6 Å². The molecule has 2 rings (SSSR count). The predicted octanol–water partition coefficient (Wildman–Crippen LogP) is 1.34. The zero-order valence-corrected chi connectivity index (χ0v) is 14.1. The Labute approximate surface area is 133 Å². The summed E-state index contributed by atoms with van der Waals surface area (Å²) in [5.41, 5.74) is -0.0941. The number of sulfonamides is 1. The molecule has 0 amide bonds. The van der Waals surface area contributed by atoms with E-state index in [1.165, 1.54) is 12.1 Å². The number of halogens is 1. The van der Waals surface area contributed by atoms with Crippen molar-refractivity contribution in [1.82, 2.24) is 4.72 Å². The van der Waals surface area contributed by atoms with Crippen molar-refractivity contribution in [3.05, 3.63) is 28.2 Å². The largest absolute Gasteiger partial charge is 0.478 e. The third kappa shape index (κ3) is 4.12. The highest BCUT2D eigenvalue weighted by Gasteiger charge is 2.26. The molecule has 116 valence electrons. The van der Waals surface area contributed by atoms with Crippen molar-refractivity contribution in [3.63, 3.8) is 0 Å².